The number of carbonyl (C=O) groups is 1. The van der Waals surface area contributed by atoms with Crippen molar-refractivity contribution in [3.63, 3.8) is 0 Å². The molecule has 5 nitrogen and oxygen atoms in total. The molecule has 0 unspecified atom stereocenters. The van der Waals surface area contributed by atoms with Crippen molar-refractivity contribution >= 4 is 23.3 Å². The van der Waals surface area contributed by atoms with Crippen LogP contribution in [0.1, 0.15) is 25.7 Å². The maximum absolute atomic E-state index is 13.8. The van der Waals surface area contributed by atoms with Crippen LogP contribution in [-0.4, -0.2) is 35.0 Å². The average Bonchev–Trinajstić information content (AvgIpc) is 3.25. The molecule has 0 spiro atoms. The second-order valence-corrected chi connectivity index (χ2v) is 5.72. The Hall–Kier alpha value is -1.43. The van der Waals surface area contributed by atoms with Crippen molar-refractivity contribution in [3.8, 4) is 0 Å². The third-order valence-electron chi connectivity index (χ3n) is 3.71. The lowest BCUT2D eigenvalue weighted by Crippen LogP contribution is -2.44. The predicted octanol–water partition coefficient (Wildman–Crippen LogP) is 1.76. The SMILES string of the molecule is O=C(NC1CC1)[C@H]1CCCN(c2nc(Cl)ncc2F)C1. The highest BCUT2D eigenvalue weighted by atomic mass is 35.5. The van der Waals surface area contributed by atoms with Crippen LogP contribution in [0.3, 0.4) is 0 Å². The van der Waals surface area contributed by atoms with Gasteiger partial charge in [0.1, 0.15) is 0 Å². The molecule has 2 heterocycles. The van der Waals surface area contributed by atoms with Crippen molar-refractivity contribution in [3.05, 3.63) is 17.3 Å². The van der Waals surface area contributed by atoms with Gasteiger partial charge >= 0.3 is 0 Å². The number of carbonyl (C=O) groups excluding carboxylic acids is 1. The van der Waals surface area contributed by atoms with Gasteiger partial charge in [-0.15, -0.1) is 0 Å². The van der Waals surface area contributed by atoms with Gasteiger partial charge in [0.15, 0.2) is 11.6 Å². The number of anilines is 1. The molecular weight excluding hydrogens is 283 g/mol. The third kappa shape index (κ3) is 3.00. The molecule has 3 rings (SSSR count). The van der Waals surface area contributed by atoms with Gasteiger partial charge in [-0.1, -0.05) is 0 Å². The van der Waals surface area contributed by atoms with Gasteiger partial charge in [-0.25, -0.2) is 9.37 Å². The van der Waals surface area contributed by atoms with Crippen molar-refractivity contribution in [1.29, 1.82) is 0 Å². The summed E-state index contributed by atoms with van der Waals surface area (Å²) in [6.07, 6.45) is 4.87. The first-order valence-electron chi connectivity index (χ1n) is 6.87. The summed E-state index contributed by atoms with van der Waals surface area (Å²) in [5, 5.41) is 3.02. The summed E-state index contributed by atoms with van der Waals surface area (Å²) >= 11 is 5.72. The summed E-state index contributed by atoms with van der Waals surface area (Å²) in [5.41, 5.74) is 0. The highest BCUT2D eigenvalue weighted by Gasteiger charge is 2.31. The van der Waals surface area contributed by atoms with E-state index in [1.165, 1.54) is 0 Å². The fraction of sp³-hybridized carbons (Fsp3) is 0.615. The minimum Gasteiger partial charge on any atom is -0.353 e. The summed E-state index contributed by atoms with van der Waals surface area (Å²) in [7, 11) is 0. The first-order chi connectivity index (χ1) is 9.63. The van der Waals surface area contributed by atoms with Gasteiger partial charge in [0.2, 0.25) is 11.2 Å². The number of hydrogen-bond donors (Lipinski definition) is 1. The Morgan fingerprint density at radius 2 is 2.25 bits per heavy atom. The first-order valence-corrected chi connectivity index (χ1v) is 7.24. The van der Waals surface area contributed by atoms with E-state index in [4.69, 9.17) is 11.6 Å². The lowest BCUT2D eigenvalue weighted by molar-refractivity contribution is -0.125. The number of nitrogens with one attached hydrogen (secondary N) is 1. The van der Waals surface area contributed by atoms with Crippen LogP contribution in [0, 0.1) is 11.7 Å². The standard InChI is InChI=1S/C13H16ClFN4O/c14-13-16-6-10(15)11(18-13)19-5-1-2-8(7-19)12(20)17-9-3-4-9/h6,8-9H,1-5,7H2,(H,17,20)/t8-/m0/s1. The molecule has 1 N–H and O–H groups in total. The van der Waals surface area contributed by atoms with Crippen LogP contribution in [0.4, 0.5) is 10.2 Å². The molecule has 0 aromatic carbocycles. The van der Waals surface area contributed by atoms with E-state index in [1.54, 1.807) is 4.90 Å². The molecule has 7 heteroatoms. The Labute approximate surface area is 121 Å². The molecule has 1 aliphatic carbocycles. The molecular formula is C13H16ClFN4O. The van der Waals surface area contributed by atoms with Gasteiger partial charge in [-0.3, -0.25) is 4.79 Å². The number of hydrogen-bond acceptors (Lipinski definition) is 4. The number of halogens is 2. The van der Waals surface area contributed by atoms with Crippen molar-refractivity contribution < 1.29 is 9.18 Å². The first kappa shape index (κ1) is 13.5. The lowest BCUT2D eigenvalue weighted by atomic mass is 9.97. The van der Waals surface area contributed by atoms with E-state index < -0.39 is 5.82 Å². The molecule has 1 saturated heterocycles. The molecule has 108 valence electrons. The number of amides is 1. The van der Waals surface area contributed by atoms with Crippen LogP contribution in [-0.2, 0) is 4.79 Å². The van der Waals surface area contributed by atoms with Gasteiger partial charge in [-0.05, 0) is 37.3 Å². The van der Waals surface area contributed by atoms with E-state index in [-0.39, 0.29) is 22.9 Å². The van der Waals surface area contributed by atoms with Gasteiger partial charge in [-0.2, -0.15) is 4.98 Å². The minimum absolute atomic E-state index is 0.0194. The zero-order valence-corrected chi connectivity index (χ0v) is 11.7. The molecule has 1 aromatic heterocycles. The zero-order chi connectivity index (χ0) is 14.1. The fourth-order valence-electron chi connectivity index (χ4n) is 2.49. The van der Waals surface area contributed by atoms with E-state index >= 15 is 0 Å². The summed E-state index contributed by atoms with van der Waals surface area (Å²) < 4.78 is 13.8. The van der Waals surface area contributed by atoms with Gasteiger partial charge in [0.05, 0.1) is 12.1 Å². The molecule has 2 fully saturated rings. The molecule has 1 aliphatic heterocycles. The Bertz CT molecular complexity index is 523. The number of piperidine rings is 1. The van der Waals surface area contributed by atoms with Crippen molar-refractivity contribution in [2.45, 2.75) is 31.7 Å². The summed E-state index contributed by atoms with van der Waals surface area (Å²) in [5.74, 6) is -0.359. The molecule has 1 aromatic rings. The molecule has 1 atom stereocenters. The Morgan fingerprint density at radius 3 is 3.00 bits per heavy atom. The van der Waals surface area contributed by atoms with Crippen LogP contribution in [0.2, 0.25) is 5.28 Å². The van der Waals surface area contributed by atoms with Crippen LogP contribution >= 0.6 is 11.6 Å². The highest BCUT2D eigenvalue weighted by Crippen LogP contribution is 2.26. The molecule has 1 saturated carbocycles. The third-order valence-corrected chi connectivity index (χ3v) is 3.89. The van der Waals surface area contributed by atoms with Gasteiger partial charge in [0.25, 0.3) is 0 Å². The van der Waals surface area contributed by atoms with E-state index in [0.29, 0.717) is 19.1 Å². The van der Waals surface area contributed by atoms with E-state index in [1.807, 2.05) is 0 Å². The van der Waals surface area contributed by atoms with Crippen LogP contribution in [0.5, 0.6) is 0 Å². The molecule has 0 bridgehead atoms. The van der Waals surface area contributed by atoms with Crippen LogP contribution in [0.15, 0.2) is 6.20 Å². The summed E-state index contributed by atoms with van der Waals surface area (Å²) in [6.45, 7) is 1.15. The summed E-state index contributed by atoms with van der Waals surface area (Å²) in [6, 6.07) is 0.350. The topological polar surface area (TPSA) is 58.1 Å². The monoisotopic (exact) mass is 298 g/mol. The van der Waals surface area contributed by atoms with E-state index in [2.05, 4.69) is 15.3 Å². The van der Waals surface area contributed by atoms with Gasteiger partial charge < -0.3 is 10.2 Å². The van der Waals surface area contributed by atoms with Crippen molar-refractivity contribution in [2.24, 2.45) is 5.92 Å². The largest absolute Gasteiger partial charge is 0.353 e. The zero-order valence-electron chi connectivity index (χ0n) is 11.0. The van der Waals surface area contributed by atoms with E-state index in [9.17, 15) is 9.18 Å². The van der Waals surface area contributed by atoms with Crippen LogP contribution < -0.4 is 10.2 Å². The quantitative estimate of drug-likeness (QED) is 0.864. The molecule has 20 heavy (non-hydrogen) atoms. The Kier molecular flexibility index (Phi) is 3.74. The number of aromatic nitrogens is 2. The van der Waals surface area contributed by atoms with Crippen molar-refractivity contribution in [2.75, 3.05) is 18.0 Å². The Morgan fingerprint density at radius 1 is 1.45 bits per heavy atom. The molecule has 2 aliphatic rings. The number of nitrogens with zero attached hydrogens (tertiary/aromatic N) is 3. The normalized spacial score (nSPS) is 22.7. The second-order valence-electron chi connectivity index (χ2n) is 5.38. The fourth-order valence-corrected chi connectivity index (χ4v) is 2.62. The Balaban J connectivity index is 1.70. The molecule has 0 radical (unpaired) electrons. The minimum atomic E-state index is -0.502. The second kappa shape index (κ2) is 5.52. The maximum Gasteiger partial charge on any atom is 0.225 e. The summed E-state index contributed by atoms with van der Waals surface area (Å²) in [4.78, 5) is 21.4. The highest BCUT2D eigenvalue weighted by molar-refractivity contribution is 6.28. The average molecular weight is 299 g/mol. The van der Waals surface area contributed by atoms with E-state index in [0.717, 1.165) is 31.9 Å². The number of rotatable bonds is 3. The molecule has 1 amide bonds. The smallest absolute Gasteiger partial charge is 0.225 e. The maximum atomic E-state index is 13.8. The van der Waals surface area contributed by atoms with Crippen LogP contribution in [0.25, 0.3) is 0 Å². The predicted molar refractivity (Wildman–Crippen MR) is 73.1 cm³/mol. The lowest BCUT2D eigenvalue weighted by Gasteiger charge is -2.32. The van der Waals surface area contributed by atoms with Crippen molar-refractivity contribution in [1.82, 2.24) is 15.3 Å². The van der Waals surface area contributed by atoms with Gasteiger partial charge in [0, 0.05) is 19.1 Å².